The zero-order valence-electron chi connectivity index (χ0n) is 19.4. The van der Waals surface area contributed by atoms with Gasteiger partial charge >= 0.3 is 6.18 Å². The van der Waals surface area contributed by atoms with Crippen LogP contribution in [0.3, 0.4) is 0 Å². The van der Waals surface area contributed by atoms with Crippen LogP contribution < -0.4 is 5.32 Å². The number of rotatable bonds is 3. The third-order valence-corrected chi connectivity index (χ3v) is 5.49. The number of pyridine rings is 1. The van der Waals surface area contributed by atoms with Crippen LogP contribution in [0.4, 0.5) is 18.9 Å². The molecule has 0 radical (unpaired) electrons. The van der Waals surface area contributed by atoms with Gasteiger partial charge < -0.3 is 5.32 Å². The van der Waals surface area contributed by atoms with Crippen LogP contribution in [0.25, 0.3) is 28.2 Å². The molecule has 1 aromatic carbocycles. The summed E-state index contributed by atoms with van der Waals surface area (Å²) in [5.41, 5.74) is 3.95. The zero-order chi connectivity index (χ0) is 24.8. The number of fused-ring (bicyclic) bond motifs is 1. The number of halogens is 3. The normalized spacial score (nSPS) is 12.2. The summed E-state index contributed by atoms with van der Waals surface area (Å²) in [4.78, 5) is 20.7. The van der Waals surface area contributed by atoms with Gasteiger partial charge in [-0.1, -0.05) is 32.9 Å². The molecular weight excluding hydrogens is 443 g/mol. The summed E-state index contributed by atoms with van der Waals surface area (Å²) in [6, 6.07) is 11.5. The molecule has 3 aromatic heterocycles. The summed E-state index contributed by atoms with van der Waals surface area (Å²) in [5.74, 6) is -0.0871. The fraction of sp³-hybridized carbons (Fsp3) is 0.280. The number of anilines is 1. The lowest BCUT2D eigenvalue weighted by Crippen LogP contribution is -2.27. The van der Waals surface area contributed by atoms with E-state index >= 15 is 0 Å². The Morgan fingerprint density at radius 1 is 0.971 bits per heavy atom. The van der Waals surface area contributed by atoms with Gasteiger partial charge in [0.1, 0.15) is 5.69 Å². The van der Waals surface area contributed by atoms with E-state index in [0.717, 1.165) is 29.1 Å². The standard InChI is InChI=1S/C25H24F3N5O/c1-14-6-7-16(12-19(14)30-23(34)24(3,4)5)22-15(2)33-21(31-22)11-9-18(32-33)17-8-10-20(29-13-17)25(26,27)28/h6-13H,1-5H3,(H,30,34). The number of nitrogens with zero attached hydrogens (tertiary/aromatic N) is 4. The van der Waals surface area contributed by atoms with E-state index < -0.39 is 17.3 Å². The van der Waals surface area contributed by atoms with Crippen molar-refractivity contribution in [1.82, 2.24) is 19.6 Å². The summed E-state index contributed by atoms with van der Waals surface area (Å²) in [6.07, 6.45) is -3.33. The quantitative estimate of drug-likeness (QED) is 0.396. The highest BCUT2D eigenvalue weighted by molar-refractivity contribution is 5.95. The van der Waals surface area contributed by atoms with Gasteiger partial charge in [0, 0.05) is 28.4 Å². The van der Waals surface area contributed by atoms with Crippen LogP contribution in [0.1, 0.15) is 37.7 Å². The molecule has 0 atom stereocenters. The molecule has 0 saturated carbocycles. The van der Waals surface area contributed by atoms with Crippen LogP contribution in [-0.2, 0) is 11.0 Å². The van der Waals surface area contributed by atoms with Crippen LogP contribution >= 0.6 is 0 Å². The van der Waals surface area contributed by atoms with Gasteiger partial charge in [-0.25, -0.2) is 9.50 Å². The average Bonchev–Trinajstić information content (AvgIpc) is 3.10. The molecule has 0 unspecified atom stereocenters. The summed E-state index contributed by atoms with van der Waals surface area (Å²) < 4.78 is 40.1. The Labute approximate surface area is 194 Å². The Balaban J connectivity index is 1.71. The minimum atomic E-state index is -4.50. The van der Waals surface area contributed by atoms with Gasteiger partial charge in [-0.15, -0.1) is 0 Å². The van der Waals surface area contributed by atoms with Crippen LogP contribution in [0.5, 0.6) is 0 Å². The van der Waals surface area contributed by atoms with E-state index in [2.05, 4.69) is 20.4 Å². The molecule has 1 N–H and O–H groups in total. The van der Waals surface area contributed by atoms with Gasteiger partial charge in [0.25, 0.3) is 0 Å². The number of carbonyl (C=O) groups excluding carboxylic acids is 1. The highest BCUT2D eigenvalue weighted by atomic mass is 19.4. The number of carbonyl (C=O) groups is 1. The molecule has 0 aliphatic carbocycles. The van der Waals surface area contributed by atoms with Gasteiger partial charge in [0.05, 0.1) is 17.1 Å². The molecule has 4 aromatic rings. The van der Waals surface area contributed by atoms with E-state index in [1.807, 2.05) is 52.8 Å². The van der Waals surface area contributed by atoms with Crippen molar-refractivity contribution < 1.29 is 18.0 Å². The van der Waals surface area contributed by atoms with Crippen LogP contribution in [-0.4, -0.2) is 25.5 Å². The van der Waals surface area contributed by atoms with Crippen molar-refractivity contribution in [3.05, 3.63) is 65.6 Å². The molecule has 3 heterocycles. The van der Waals surface area contributed by atoms with Crippen molar-refractivity contribution in [3.8, 4) is 22.5 Å². The second-order valence-corrected chi connectivity index (χ2v) is 9.20. The van der Waals surface area contributed by atoms with Crippen LogP contribution in [0.2, 0.25) is 0 Å². The van der Waals surface area contributed by atoms with Crippen molar-refractivity contribution in [2.75, 3.05) is 5.32 Å². The van der Waals surface area contributed by atoms with E-state index in [4.69, 9.17) is 0 Å². The van der Waals surface area contributed by atoms with E-state index in [9.17, 15) is 18.0 Å². The highest BCUT2D eigenvalue weighted by Crippen LogP contribution is 2.31. The van der Waals surface area contributed by atoms with E-state index in [0.29, 0.717) is 28.3 Å². The minimum absolute atomic E-state index is 0.0871. The number of nitrogens with one attached hydrogen (secondary N) is 1. The number of hydrogen-bond donors (Lipinski definition) is 1. The number of aromatic nitrogens is 4. The highest BCUT2D eigenvalue weighted by Gasteiger charge is 2.32. The molecule has 0 bridgehead atoms. The summed E-state index contributed by atoms with van der Waals surface area (Å²) in [5, 5.41) is 7.55. The van der Waals surface area contributed by atoms with Crippen LogP contribution in [0.15, 0.2) is 48.7 Å². The molecule has 34 heavy (non-hydrogen) atoms. The van der Waals surface area contributed by atoms with E-state index in [-0.39, 0.29) is 5.91 Å². The first kappa shape index (κ1) is 23.4. The van der Waals surface area contributed by atoms with Gasteiger partial charge in [0.2, 0.25) is 5.91 Å². The van der Waals surface area contributed by atoms with Crippen molar-refractivity contribution >= 4 is 17.2 Å². The van der Waals surface area contributed by atoms with Crippen molar-refractivity contribution in [2.45, 2.75) is 40.8 Å². The average molecular weight is 467 g/mol. The van der Waals surface area contributed by atoms with E-state index in [1.165, 1.54) is 6.07 Å². The van der Waals surface area contributed by atoms with Gasteiger partial charge in [-0.05, 0) is 49.7 Å². The minimum Gasteiger partial charge on any atom is -0.325 e. The van der Waals surface area contributed by atoms with Gasteiger partial charge in [0.15, 0.2) is 5.65 Å². The number of amides is 1. The first-order chi connectivity index (χ1) is 15.8. The third-order valence-electron chi connectivity index (χ3n) is 5.49. The number of hydrogen-bond acceptors (Lipinski definition) is 4. The van der Waals surface area contributed by atoms with Crippen molar-refractivity contribution in [2.24, 2.45) is 5.41 Å². The maximum Gasteiger partial charge on any atom is 0.433 e. The molecule has 0 spiro atoms. The fourth-order valence-electron chi connectivity index (χ4n) is 3.40. The molecule has 176 valence electrons. The molecule has 0 saturated heterocycles. The molecule has 0 aliphatic rings. The molecule has 0 aliphatic heterocycles. The fourth-order valence-corrected chi connectivity index (χ4v) is 3.40. The largest absolute Gasteiger partial charge is 0.433 e. The predicted octanol–water partition coefficient (Wildman–Crippen LogP) is 6.08. The van der Waals surface area contributed by atoms with Gasteiger partial charge in [-0.2, -0.15) is 18.3 Å². The van der Waals surface area contributed by atoms with Crippen molar-refractivity contribution in [3.63, 3.8) is 0 Å². The second-order valence-electron chi connectivity index (χ2n) is 9.20. The first-order valence-corrected chi connectivity index (χ1v) is 10.7. The number of aryl methyl sites for hydroxylation is 2. The Hall–Kier alpha value is -3.75. The molecule has 9 heteroatoms. The topological polar surface area (TPSA) is 72.2 Å². The molecule has 1 amide bonds. The Kier molecular flexibility index (Phi) is 5.67. The SMILES string of the molecule is Cc1ccc(-c2nc3ccc(-c4ccc(C(F)(F)F)nc4)nn3c2C)cc1NC(=O)C(C)(C)C. The molecular formula is C25H24F3N5O. The molecule has 4 rings (SSSR count). The molecule has 0 fully saturated rings. The lowest BCUT2D eigenvalue weighted by molar-refractivity contribution is -0.141. The summed E-state index contributed by atoms with van der Waals surface area (Å²) >= 11 is 0. The second kappa shape index (κ2) is 8.23. The summed E-state index contributed by atoms with van der Waals surface area (Å²) in [7, 11) is 0. The maximum atomic E-state index is 12.8. The van der Waals surface area contributed by atoms with Crippen molar-refractivity contribution in [1.29, 1.82) is 0 Å². The third kappa shape index (κ3) is 4.50. The van der Waals surface area contributed by atoms with Crippen LogP contribution in [0, 0.1) is 19.3 Å². The van der Waals surface area contributed by atoms with E-state index in [1.54, 1.807) is 16.6 Å². The van der Waals surface area contributed by atoms with Gasteiger partial charge in [-0.3, -0.25) is 9.78 Å². The Bertz CT molecular complexity index is 1380. The smallest absolute Gasteiger partial charge is 0.325 e. The lowest BCUT2D eigenvalue weighted by atomic mass is 9.95. The lowest BCUT2D eigenvalue weighted by Gasteiger charge is -2.19. The monoisotopic (exact) mass is 467 g/mol. The number of imidazole rings is 1. The Morgan fingerprint density at radius 2 is 1.68 bits per heavy atom. The zero-order valence-corrected chi connectivity index (χ0v) is 19.4. The number of alkyl halides is 3. The Morgan fingerprint density at radius 3 is 2.29 bits per heavy atom. The molecule has 6 nitrogen and oxygen atoms in total. The maximum absolute atomic E-state index is 12.8. The predicted molar refractivity (Wildman–Crippen MR) is 124 cm³/mol. The summed E-state index contributed by atoms with van der Waals surface area (Å²) in [6.45, 7) is 9.34. The number of benzene rings is 1. The first-order valence-electron chi connectivity index (χ1n) is 10.7.